The molecule has 2 rings (SSSR count). The van der Waals surface area contributed by atoms with Gasteiger partial charge in [-0.05, 0) is 57.4 Å². The van der Waals surface area contributed by atoms with Crippen LogP contribution >= 0.6 is 11.6 Å². The molecule has 1 aromatic rings. The molecule has 31 heavy (non-hydrogen) atoms. The summed E-state index contributed by atoms with van der Waals surface area (Å²) in [5, 5.41) is 6.17. The highest BCUT2D eigenvalue weighted by molar-refractivity contribution is 7.89. The number of amides is 1. The first-order valence-electron chi connectivity index (χ1n) is 10.3. The molecular weight excluding hydrogens is 434 g/mol. The lowest BCUT2D eigenvalue weighted by molar-refractivity contribution is -0.117. The van der Waals surface area contributed by atoms with Gasteiger partial charge in [-0.15, -0.1) is 13.2 Å². The van der Waals surface area contributed by atoms with Crippen LogP contribution < -0.4 is 10.6 Å². The van der Waals surface area contributed by atoms with Crippen LogP contribution in [0.5, 0.6) is 0 Å². The summed E-state index contributed by atoms with van der Waals surface area (Å²) in [5.74, 6) is -0.0892. The summed E-state index contributed by atoms with van der Waals surface area (Å²) in [4.78, 5) is 11.6. The lowest BCUT2D eigenvalue weighted by Crippen LogP contribution is -2.41. The molecule has 1 fully saturated rings. The molecule has 1 aromatic carbocycles. The van der Waals surface area contributed by atoms with Crippen LogP contribution in [0.15, 0.2) is 66.2 Å². The Morgan fingerprint density at radius 3 is 2.45 bits per heavy atom. The quantitative estimate of drug-likeness (QED) is 0.442. The molecule has 2 atom stereocenters. The smallest absolute Gasteiger partial charge is 0.248 e. The van der Waals surface area contributed by atoms with Crippen molar-refractivity contribution in [1.82, 2.24) is 14.9 Å². The Bertz CT molecular complexity index is 867. The number of hydrogen-bond donors (Lipinski definition) is 2. The highest BCUT2D eigenvalue weighted by Crippen LogP contribution is 2.25. The van der Waals surface area contributed by atoms with E-state index in [4.69, 9.17) is 11.6 Å². The normalized spacial score (nSPS) is 18.2. The van der Waals surface area contributed by atoms with Gasteiger partial charge in [-0.3, -0.25) is 4.79 Å². The largest absolute Gasteiger partial charge is 0.385 e. The van der Waals surface area contributed by atoms with Gasteiger partial charge in [-0.1, -0.05) is 30.2 Å². The zero-order valence-electron chi connectivity index (χ0n) is 18.6. The first-order valence-corrected chi connectivity index (χ1v) is 12.2. The Morgan fingerprint density at radius 2 is 1.94 bits per heavy atom. The molecule has 1 aliphatic rings. The number of halogens is 1. The van der Waals surface area contributed by atoms with E-state index in [1.54, 1.807) is 54.0 Å². The third kappa shape index (κ3) is 8.51. The summed E-state index contributed by atoms with van der Waals surface area (Å²) in [7, 11) is -1.75. The number of nitrogens with zero attached hydrogens (tertiary/aromatic N) is 1. The number of allylic oxidation sites excluding steroid dienone is 1. The summed E-state index contributed by atoms with van der Waals surface area (Å²) in [6.45, 7) is 11.8. The molecule has 172 valence electrons. The molecule has 1 aliphatic heterocycles. The van der Waals surface area contributed by atoms with Gasteiger partial charge in [-0.2, -0.15) is 4.31 Å². The highest BCUT2D eigenvalue weighted by atomic mass is 35.5. The molecule has 1 unspecified atom stereocenters. The number of carbonyl (C=O) groups is 1. The molecule has 0 aliphatic carbocycles. The van der Waals surface area contributed by atoms with E-state index >= 15 is 0 Å². The van der Waals surface area contributed by atoms with Crippen molar-refractivity contribution < 1.29 is 13.2 Å². The third-order valence-electron chi connectivity index (χ3n) is 4.92. The van der Waals surface area contributed by atoms with Crippen molar-refractivity contribution in [1.29, 1.82) is 0 Å². The van der Waals surface area contributed by atoms with Gasteiger partial charge < -0.3 is 10.6 Å². The number of carbonyl (C=O) groups excluding carboxylic acids is 1. The first-order chi connectivity index (χ1) is 14.7. The van der Waals surface area contributed by atoms with Gasteiger partial charge in [0.15, 0.2) is 0 Å². The second kappa shape index (κ2) is 13.3. The lowest BCUT2D eigenvalue weighted by Gasteiger charge is -2.32. The van der Waals surface area contributed by atoms with Crippen molar-refractivity contribution >= 4 is 27.5 Å². The second-order valence-corrected chi connectivity index (χ2v) is 9.67. The zero-order valence-corrected chi connectivity index (χ0v) is 20.2. The van der Waals surface area contributed by atoms with Gasteiger partial charge in [0.2, 0.25) is 15.9 Å². The van der Waals surface area contributed by atoms with Crippen LogP contribution in [0.25, 0.3) is 0 Å². The maximum absolute atomic E-state index is 12.4. The van der Waals surface area contributed by atoms with Gasteiger partial charge in [-0.25, -0.2) is 8.42 Å². The van der Waals surface area contributed by atoms with Crippen LogP contribution in [0.4, 0.5) is 0 Å². The zero-order chi connectivity index (χ0) is 23.4. The Labute approximate surface area is 192 Å². The van der Waals surface area contributed by atoms with E-state index in [-0.39, 0.29) is 18.0 Å². The monoisotopic (exact) mass is 467 g/mol. The van der Waals surface area contributed by atoms with Crippen LogP contribution in [-0.2, 0) is 14.8 Å². The predicted molar refractivity (Wildman–Crippen MR) is 128 cm³/mol. The van der Waals surface area contributed by atoms with Crippen molar-refractivity contribution in [3.8, 4) is 0 Å². The number of likely N-dealkylation sites (N-methyl/N-ethyl adjacent to an activating group) is 1. The molecule has 2 N–H and O–H groups in total. The average Bonchev–Trinajstić information content (AvgIpc) is 2.76. The van der Waals surface area contributed by atoms with Gasteiger partial charge in [0, 0.05) is 42.5 Å². The molecule has 0 aromatic heterocycles. The average molecular weight is 468 g/mol. The molecule has 1 saturated heterocycles. The molecule has 0 saturated carbocycles. The van der Waals surface area contributed by atoms with E-state index in [9.17, 15) is 13.2 Å². The minimum absolute atomic E-state index is 0.0874. The Morgan fingerprint density at radius 1 is 1.29 bits per heavy atom. The van der Waals surface area contributed by atoms with Crippen molar-refractivity contribution in [3.05, 3.63) is 66.4 Å². The number of benzene rings is 1. The topological polar surface area (TPSA) is 78.5 Å². The molecule has 0 bridgehead atoms. The van der Waals surface area contributed by atoms with Crippen molar-refractivity contribution in [3.63, 3.8) is 0 Å². The number of piperidine rings is 1. The van der Waals surface area contributed by atoms with Gasteiger partial charge in [0.1, 0.15) is 0 Å². The number of hydrogen-bond acceptors (Lipinski definition) is 4. The fourth-order valence-corrected chi connectivity index (χ4v) is 4.83. The fourth-order valence-electron chi connectivity index (χ4n) is 3.00. The van der Waals surface area contributed by atoms with Crippen LogP contribution in [0.3, 0.4) is 0 Å². The predicted octanol–water partition coefficient (Wildman–Crippen LogP) is 4.26. The summed E-state index contributed by atoms with van der Waals surface area (Å²) in [6.07, 6.45) is 8.70. The Hall–Kier alpha value is -2.09. The van der Waals surface area contributed by atoms with E-state index in [2.05, 4.69) is 23.8 Å². The number of sulfonamides is 1. The van der Waals surface area contributed by atoms with Crippen molar-refractivity contribution in [2.24, 2.45) is 0 Å². The maximum Gasteiger partial charge on any atom is 0.248 e. The minimum Gasteiger partial charge on any atom is -0.385 e. The summed E-state index contributed by atoms with van der Waals surface area (Å²) >= 11 is 5.77. The minimum atomic E-state index is -3.35. The number of nitrogens with one attached hydrogen (secondary N) is 2. The molecular formula is C23H34ClN3O3S. The van der Waals surface area contributed by atoms with Gasteiger partial charge in [0.25, 0.3) is 0 Å². The molecule has 0 spiro atoms. The molecule has 1 amide bonds. The van der Waals surface area contributed by atoms with E-state index in [1.807, 2.05) is 13.8 Å². The van der Waals surface area contributed by atoms with Crippen molar-refractivity contribution in [2.75, 3.05) is 13.6 Å². The fraction of sp³-hybridized carbons (Fsp3) is 0.435. The van der Waals surface area contributed by atoms with E-state index in [1.165, 1.54) is 0 Å². The molecule has 8 heteroatoms. The van der Waals surface area contributed by atoms with E-state index in [0.29, 0.717) is 28.5 Å². The lowest BCUT2D eigenvalue weighted by atomic mass is 10.1. The summed E-state index contributed by atoms with van der Waals surface area (Å²) < 4.78 is 26.4. The molecule has 0 radical (unpaired) electrons. The third-order valence-corrected chi connectivity index (χ3v) is 7.20. The van der Waals surface area contributed by atoms with Crippen LogP contribution in [0.1, 0.15) is 39.5 Å². The van der Waals surface area contributed by atoms with Crippen LogP contribution in [-0.4, -0.2) is 44.3 Å². The standard InChI is InChI=1S/C12H16ClNO2S.C11H18N2O/c1-10-4-2-3-9-14(10)17(15,16)12-7-5-11(13)6-8-12;1-5-7-10(11(14)12-4)8-13-9(3)6-2/h5-8,10H,2-4,9H2,1H3;5-6,8-9,13H,1-2,7H2,3-4H3,(H,12,14)/b;10-8+/t10-;/m1./s1. The van der Waals surface area contributed by atoms with Crippen molar-refractivity contribution in [2.45, 2.75) is 56.5 Å². The molecule has 1 heterocycles. The van der Waals surface area contributed by atoms with Crippen LogP contribution in [0.2, 0.25) is 5.02 Å². The van der Waals surface area contributed by atoms with E-state index in [0.717, 1.165) is 19.3 Å². The van der Waals surface area contributed by atoms with Gasteiger partial charge in [0.05, 0.1) is 4.90 Å². The summed E-state index contributed by atoms with van der Waals surface area (Å²) in [6, 6.07) is 6.60. The highest BCUT2D eigenvalue weighted by Gasteiger charge is 2.30. The van der Waals surface area contributed by atoms with E-state index < -0.39 is 10.0 Å². The summed E-state index contributed by atoms with van der Waals surface area (Å²) in [5.41, 5.74) is 0.663. The Balaban J connectivity index is 0.000000318. The van der Waals surface area contributed by atoms with Gasteiger partial charge >= 0.3 is 0 Å². The number of rotatable bonds is 8. The first kappa shape index (κ1) is 26.9. The second-order valence-electron chi connectivity index (χ2n) is 7.35. The SMILES string of the molecule is C=CC/C(=C\NC(C)C=C)C(=O)NC.C[C@@H]1CCCCN1S(=O)(=O)c1ccc(Cl)cc1. The maximum atomic E-state index is 12.4. The van der Waals surface area contributed by atoms with Crippen LogP contribution in [0, 0.1) is 0 Å². The Kier molecular flexibility index (Phi) is 11.6. The molecule has 6 nitrogen and oxygen atoms in total.